The van der Waals surface area contributed by atoms with Crippen molar-refractivity contribution in [3.8, 4) is 11.5 Å². The lowest BCUT2D eigenvalue weighted by atomic mass is 10.2. The van der Waals surface area contributed by atoms with E-state index in [1.54, 1.807) is 19.1 Å². The van der Waals surface area contributed by atoms with Gasteiger partial charge in [0, 0.05) is 5.56 Å². The third-order valence-corrected chi connectivity index (χ3v) is 2.38. The lowest BCUT2D eigenvalue weighted by Crippen LogP contribution is -1.98. The minimum Gasteiger partial charge on any atom is -0.441 e. The Morgan fingerprint density at radius 3 is 2.88 bits per heavy atom. The third kappa shape index (κ3) is 2.58. The molecule has 1 heterocycles. The molecule has 17 heavy (non-hydrogen) atoms. The van der Waals surface area contributed by atoms with Crippen LogP contribution in [-0.4, -0.2) is 10.8 Å². The van der Waals surface area contributed by atoms with Gasteiger partial charge < -0.3 is 4.42 Å². The summed E-state index contributed by atoms with van der Waals surface area (Å²) in [6, 6.07) is 6.01. The van der Waals surface area contributed by atoms with Crippen LogP contribution in [0.15, 0.2) is 28.7 Å². The zero-order valence-electron chi connectivity index (χ0n) is 9.66. The molecule has 1 aromatic carbocycles. The molecule has 0 amide bonds. The molecule has 0 saturated carbocycles. The van der Waals surface area contributed by atoms with Gasteiger partial charge in [-0.2, -0.15) is 0 Å². The topological polar surface area (TPSA) is 43.1 Å². The molecule has 2 aromatic rings. The first-order valence-corrected chi connectivity index (χ1v) is 5.28. The summed E-state index contributed by atoms with van der Waals surface area (Å²) in [6.07, 6.45) is 0.241. The highest BCUT2D eigenvalue weighted by Crippen LogP contribution is 2.22. The highest BCUT2D eigenvalue weighted by Gasteiger charge is 2.13. The Balaban J connectivity index is 2.37. The van der Waals surface area contributed by atoms with Gasteiger partial charge in [-0.05, 0) is 32.0 Å². The number of Topliss-reactive ketones (excluding diaryl/α,β-unsaturated/α-hetero) is 1. The van der Waals surface area contributed by atoms with Crippen molar-refractivity contribution < 1.29 is 13.6 Å². The molecule has 3 nitrogen and oxygen atoms in total. The molecule has 0 bridgehead atoms. The molecule has 4 heteroatoms. The smallest absolute Gasteiger partial charge is 0.226 e. The van der Waals surface area contributed by atoms with Gasteiger partial charge in [0.2, 0.25) is 5.89 Å². The van der Waals surface area contributed by atoms with Crippen molar-refractivity contribution in [1.29, 1.82) is 0 Å². The van der Waals surface area contributed by atoms with Gasteiger partial charge >= 0.3 is 0 Å². The molecular formula is C13H12FNO2. The van der Waals surface area contributed by atoms with Crippen LogP contribution in [0.4, 0.5) is 4.39 Å². The second-order valence-corrected chi connectivity index (χ2v) is 3.91. The number of ketones is 1. The number of hydrogen-bond donors (Lipinski definition) is 0. The van der Waals surface area contributed by atoms with E-state index in [0.717, 1.165) is 0 Å². The number of aromatic nitrogens is 1. The predicted octanol–water partition coefficient (Wildman–Crippen LogP) is 2.92. The Labute approximate surface area is 98.3 Å². The number of rotatable bonds is 3. The molecule has 0 radical (unpaired) electrons. The van der Waals surface area contributed by atoms with E-state index < -0.39 is 0 Å². The number of hydrogen-bond acceptors (Lipinski definition) is 3. The lowest BCUT2D eigenvalue weighted by molar-refractivity contribution is -0.116. The fraction of sp³-hybridized carbons (Fsp3) is 0.231. The molecule has 88 valence electrons. The van der Waals surface area contributed by atoms with Crippen LogP contribution in [0.1, 0.15) is 18.4 Å². The van der Waals surface area contributed by atoms with Gasteiger partial charge in [-0.3, -0.25) is 4.79 Å². The summed E-state index contributed by atoms with van der Waals surface area (Å²) in [6.45, 7) is 3.24. The summed E-state index contributed by atoms with van der Waals surface area (Å²) in [5, 5.41) is 0. The molecule has 1 aromatic heterocycles. The van der Waals surface area contributed by atoms with Gasteiger partial charge in [0.1, 0.15) is 17.4 Å². The summed E-state index contributed by atoms with van der Waals surface area (Å²) in [5.41, 5.74) is 1.18. The summed E-state index contributed by atoms with van der Waals surface area (Å²) >= 11 is 0. The maximum atomic E-state index is 13.0. The van der Waals surface area contributed by atoms with Crippen LogP contribution in [0, 0.1) is 12.7 Å². The number of aryl methyl sites for hydroxylation is 1. The molecule has 0 fully saturated rings. The Kier molecular flexibility index (Phi) is 3.04. The highest BCUT2D eigenvalue weighted by atomic mass is 19.1. The van der Waals surface area contributed by atoms with Gasteiger partial charge in [0.15, 0.2) is 0 Å². The van der Waals surface area contributed by atoms with Crippen LogP contribution in [0.25, 0.3) is 11.5 Å². The summed E-state index contributed by atoms with van der Waals surface area (Å²) < 4.78 is 18.5. The van der Waals surface area contributed by atoms with E-state index in [1.165, 1.54) is 19.1 Å². The maximum Gasteiger partial charge on any atom is 0.226 e. The Morgan fingerprint density at radius 2 is 2.24 bits per heavy atom. The fourth-order valence-electron chi connectivity index (χ4n) is 1.57. The van der Waals surface area contributed by atoms with Gasteiger partial charge in [-0.15, -0.1) is 0 Å². The van der Waals surface area contributed by atoms with E-state index in [1.807, 2.05) is 0 Å². The van der Waals surface area contributed by atoms with Crippen LogP contribution in [0.3, 0.4) is 0 Å². The van der Waals surface area contributed by atoms with Crippen LogP contribution in [0.5, 0.6) is 0 Å². The van der Waals surface area contributed by atoms with Gasteiger partial charge in [0.05, 0.1) is 12.1 Å². The monoisotopic (exact) mass is 233 g/mol. The van der Waals surface area contributed by atoms with Gasteiger partial charge in [-0.25, -0.2) is 9.37 Å². The van der Waals surface area contributed by atoms with Crippen LogP contribution >= 0.6 is 0 Å². The number of halogens is 1. The van der Waals surface area contributed by atoms with Crippen molar-refractivity contribution in [2.24, 2.45) is 0 Å². The Bertz CT molecular complexity index is 560. The SMILES string of the molecule is CC(=O)Cc1nc(-c2cccc(F)c2)oc1C. The maximum absolute atomic E-state index is 13.0. The van der Waals surface area contributed by atoms with E-state index in [9.17, 15) is 9.18 Å². The van der Waals surface area contributed by atoms with Gasteiger partial charge in [0.25, 0.3) is 0 Å². The normalized spacial score (nSPS) is 10.5. The quantitative estimate of drug-likeness (QED) is 0.818. The first-order chi connectivity index (χ1) is 8.06. The first kappa shape index (κ1) is 11.5. The van der Waals surface area contributed by atoms with E-state index in [0.29, 0.717) is 22.9 Å². The Hall–Kier alpha value is -1.97. The molecule has 0 atom stereocenters. The Morgan fingerprint density at radius 1 is 1.47 bits per heavy atom. The average molecular weight is 233 g/mol. The molecule has 0 N–H and O–H groups in total. The molecule has 0 aliphatic rings. The molecule has 2 rings (SSSR count). The van der Waals surface area contributed by atoms with Crippen LogP contribution in [0.2, 0.25) is 0 Å². The van der Waals surface area contributed by atoms with Crippen molar-refractivity contribution in [2.45, 2.75) is 20.3 Å². The third-order valence-electron chi connectivity index (χ3n) is 2.38. The summed E-state index contributed by atoms with van der Waals surface area (Å²) in [5.74, 6) is 0.622. The summed E-state index contributed by atoms with van der Waals surface area (Å²) in [7, 11) is 0. The largest absolute Gasteiger partial charge is 0.441 e. The van der Waals surface area contributed by atoms with Crippen molar-refractivity contribution in [2.75, 3.05) is 0 Å². The standard InChI is InChI=1S/C13H12FNO2/c1-8(16)6-12-9(2)17-13(15-12)10-4-3-5-11(14)7-10/h3-5,7H,6H2,1-2H3. The molecule has 0 saturated heterocycles. The van der Waals surface area contributed by atoms with Crippen molar-refractivity contribution >= 4 is 5.78 Å². The second kappa shape index (κ2) is 4.49. The first-order valence-electron chi connectivity index (χ1n) is 5.28. The number of nitrogens with zero attached hydrogens (tertiary/aromatic N) is 1. The van der Waals surface area contributed by atoms with Crippen LogP contribution in [-0.2, 0) is 11.2 Å². The number of carbonyl (C=O) groups excluding carboxylic acids is 1. The van der Waals surface area contributed by atoms with Gasteiger partial charge in [-0.1, -0.05) is 6.07 Å². The van der Waals surface area contributed by atoms with Crippen molar-refractivity contribution in [3.63, 3.8) is 0 Å². The minimum atomic E-state index is -0.341. The van der Waals surface area contributed by atoms with E-state index in [-0.39, 0.29) is 18.0 Å². The van der Waals surface area contributed by atoms with Crippen LogP contribution < -0.4 is 0 Å². The lowest BCUT2D eigenvalue weighted by Gasteiger charge is -1.94. The molecule has 0 aliphatic carbocycles. The second-order valence-electron chi connectivity index (χ2n) is 3.91. The molecule has 0 spiro atoms. The van der Waals surface area contributed by atoms with E-state index in [2.05, 4.69) is 4.98 Å². The molecular weight excluding hydrogens is 221 g/mol. The highest BCUT2D eigenvalue weighted by molar-refractivity contribution is 5.78. The zero-order chi connectivity index (χ0) is 12.4. The number of oxazole rings is 1. The number of carbonyl (C=O) groups is 1. The van der Waals surface area contributed by atoms with E-state index >= 15 is 0 Å². The fourth-order valence-corrected chi connectivity index (χ4v) is 1.57. The predicted molar refractivity (Wildman–Crippen MR) is 61.0 cm³/mol. The summed E-state index contributed by atoms with van der Waals surface area (Å²) in [4.78, 5) is 15.2. The molecule has 0 unspecified atom stereocenters. The average Bonchev–Trinajstić information content (AvgIpc) is 2.59. The number of benzene rings is 1. The van der Waals surface area contributed by atoms with E-state index in [4.69, 9.17) is 4.42 Å². The van der Waals surface area contributed by atoms with Crippen molar-refractivity contribution in [3.05, 3.63) is 41.5 Å². The minimum absolute atomic E-state index is 0.0205. The zero-order valence-corrected chi connectivity index (χ0v) is 9.66. The van der Waals surface area contributed by atoms with Crippen molar-refractivity contribution in [1.82, 2.24) is 4.98 Å². The molecule has 0 aliphatic heterocycles.